The van der Waals surface area contributed by atoms with E-state index in [-0.39, 0.29) is 5.78 Å². The second-order valence-electron chi connectivity index (χ2n) is 6.77. The zero-order valence-electron chi connectivity index (χ0n) is 16.4. The standard InChI is InChI=1S/C20H20N4O2S2/c1-10-6-15(13(4)24(10)17-7-11(2)26-23-17)16(25)8-27-19-18-12(3)14(5)28-20(18)22-9-21-19/h6-7,9H,8H2,1-5H3. The first-order valence-electron chi connectivity index (χ1n) is 8.86. The predicted molar refractivity (Wildman–Crippen MR) is 112 cm³/mol. The van der Waals surface area contributed by atoms with Gasteiger partial charge in [0.15, 0.2) is 11.6 Å². The topological polar surface area (TPSA) is 73.8 Å². The molecule has 0 spiro atoms. The molecule has 0 aliphatic rings. The zero-order chi connectivity index (χ0) is 20.0. The van der Waals surface area contributed by atoms with Gasteiger partial charge in [0, 0.05) is 33.3 Å². The van der Waals surface area contributed by atoms with E-state index in [0.717, 1.165) is 32.4 Å². The van der Waals surface area contributed by atoms with Gasteiger partial charge in [0.25, 0.3) is 0 Å². The highest BCUT2D eigenvalue weighted by atomic mass is 32.2. The summed E-state index contributed by atoms with van der Waals surface area (Å²) in [5, 5.41) is 6.00. The first kappa shape index (κ1) is 18.9. The Labute approximate surface area is 171 Å². The third-order valence-electron chi connectivity index (χ3n) is 4.85. The average Bonchev–Trinajstić information content (AvgIpc) is 3.30. The molecule has 8 heteroatoms. The molecule has 0 radical (unpaired) electrons. The molecule has 4 heterocycles. The van der Waals surface area contributed by atoms with Crippen molar-refractivity contribution in [1.29, 1.82) is 0 Å². The van der Waals surface area contributed by atoms with E-state index in [1.54, 1.807) is 17.7 Å². The number of carbonyl (C=O) groups excluding carboxylic acids is 1. The summed E-state index contributed by atoms with van der Waals surface area (Å²) in [6, 6.07) is 3.78. The highest BCUT2D eigenvalue weighted by Gasteiger charge is 2.20. The van der Waals surface area contributed by atoms with E-state index in [1.807, 2.05) is 37.5 Å². The number of aromatic nitrogens is 4. The van der Waals surface area contributed by atoms with Crippen LogP contribution in [0, 0.1) is 34.6 Å². The van der Waals surface area contributed by atoms with Crippen LogP contribution in [0.2, 0.25) is 0 Å². The van der Waals surface area contributed by atoms with Crippen molar-refractivity contribution in [2.75, 3.05) is 5.75 Å². The molecule has 0 saturated carbocycles. The SMILES string of the molecule is Cc1cc(-n2c(C)cc(C(=O)CSc3ncnc4sc(C)c(C)c34)c2C)no1. The number of Topliss-reactive ketones (excluding diaryl/α,β-unsaturated/α-hetero) is 1. The monoisotopic (exact) mass is 412 g/mol. The number of thioether (sulfide) groups is 1. The Morgan fingerprint density at radius 2 is 1.96 bits per heavy atom. The van der Waals surface area contributed by atoms with Crippen LogP contribution < -0.4 is 0 Å². The lowest BCUT2D eigenvalue weighted by Crippen LogP contribution is -2.06. The molecule has 28 heavy (non-hydrogen) atoms. The van der Waals surface area contributed by atoms with Crippen molar-refractivity contribution in [3.8, 4) is 5.82 Å². The summed E-state index contributed by atoms with van der Waals surface area (Å²) in [4.78, 5) is 23.9. The van der Waals surface area contributed by atoms with Gasteiger partial charge < -0.3 is 4.52 Å². The average molecular weight is 413 g/mol. The van der Waals surface area contributed by atoms with Crippen LogP contribution in [0.4, 0.5) is 0 Å². The maximum Gasteiger partial charge on any atom is 0.180 e. The van der Waals surface area contributed by atoms with Crippen LogP contribution in [0.25, 0.3) is 16.0 Å². The minimum Gasteiger partial charge on any atom is -0.360 e. The van der Waals surface area contributed by atoms with Crippen LogP contribution in [0.3, 0.4) is 0 Å². The fourth-order valence-corrected chi connectivity index (χ4v) is 5.33. The minimum absolute atomic E-state index is 0.0703. The Kier molecular flexibility index (Phi) is 4.84. The van der Waals surface area contributed by atoms with Crippen molar-refractivity contribution in [3.63, 3.8) is 0 Å². The lowest BCUT2D eigenvalue weighted by atomic mass is 10.2. The number of nitrogens with zero attached hydrogens (tertiary/aromatic N) is 4. The number of rotatable bonds is 5. The molecule has 4 rings (SSSR count). The van der Waals surface area contributed by atoms with Crippen LogP contribution in [-0.4, -0.2) is 31.2 Å². The Hall–Kier alpha value is -2.45. The normalized spacial score (nSPS) is 11.5. The molecule has 0 N–H and O–H groups in total. The number of carbonyl (C=O) groups is 1. The van der Waals surface area contributed by atoms with E-state index in [1.165, 1.54) is 22.2 Å². The number of fused-ring (bicyclic) bond motifs is 1. The van der Waals surface area contributed by atoms with Gasteiger partial charge >= 0.3 is 0 Å². The molecular weight excluding hydrogens is 392 g/mol. The van der Waals surface area contributed by atoms with E-state index in [4.69, 9.17) is 4.52 Å². The maximum absolute atomic E-state index is 12.9. The highest BCUT2D eigenvalue weighted by Crippen LogP contribution is 2.34. The molecule has 0 atom stereocenters. The third-order valence-corrected chi connectivity index (χ3v) is 6.95. The van der Waals surface area contributed by atoms with Gasteiger partial charge in [-0.3, -0.25) is 9.36 Å². The summed E-state index contributed by atoms with van der Waals surface area (Å²) in [5.41, 5.74) is 3.71. The van der Waals surface area contributed by atoms with E-state index in [2.05, 4.69) is 29.0 Å². The van der Waals surface area contributed by atoms with Crippen LogP contribution in [-0.2, 0) is 0 Å². The molecule has 144 valence electrons. The van der Waals surface area contributed by atoms with Crippen LogP contribution >= 0.6 is 23.1 Å². The summed E-state index contributed by atoms with van der Waals surface area (Å²) in [6.45, 7) is 9.92. The smallest absolute Gasteiger partial charge is 0.180 e. The Balaban J connectivity index is 1.60. The molecule has 0 aromatic carbocycles. The Bertz CT molecular complexity index is 1200. The highest BCUT2D eigenvalue weighted by molar-refractivity contribution is 8.00. The number of hydrogen-bond acceptors (Lipinski definition) is 7. The van der Waals surface area contributed by atoms with Gasteiger partial charge in [-0.05, 0) is 46.2 Å². The van der Waals surface area contributed by atoms with Gasteiger partial charge in [0.05, 0.1) is 5.75 Å². The van der Waals surface area contributed by atoms with Crippen molar-refractivity contribution >= 4 is 39.1 Å². The molecule has 0 unspecified atom stereocenters. The molecule has 0 amide bonds. The molecule has 0 bridgehead atoms. The molecular formula is C20H20N4O2S2. The van der Waals surface area contributed by atoms with Crippen molar-refractivity contribution in [1.82, 2.24) is 19.7 Å². The summed E-state index contributed by atoms with van der Waals surface area (Å²) in [6.07, 6.45) is 1.57. The molecule has 0 fully saturated rings. The fraction of sp³-hybridized carbons (Fsp3) is 0.300. The van der Waals surface area contributed by atoms with E-state index in [9.17, 15) is 4.79 Å². The summed E-state index contributed by atoms with van der Waals surface area (Å²) in [5.74, 6) is 1.82. The van der Waals surface area contributed by atoms with Crippen LogP contribution in [0.1, 0.15) is 37.9 Å². The Morgan fingerprint density at radius 3 is 2.68 bits per heavy atom. The van der Waals surface area contributed by atoms with Gasteiger partial charge in [-0.15, -0.1) is 11.3 Å². The predicted octanol–water partition coefficient (Wildman–Crippen LogP) is 4.99. The van der Waals surface area contributed by atoms with E-state index < -0.39 is 0 Å². The number of ketones is 1. The van der Waals surface area contributed by atoms with Gasteiger partial charge in [0.1, 0.15) is 21.9 Å². The molecule has 4 aromatic rings. The van der Waals surface area contributed by atoms with Gasteiger partial charge in [-0.1, -0.05) is 16.9 Å². The first-order chi connectivity index (χ1) is 13.4. The summed E-state index contributed by atoms with van der Waals surface area (Å²) in [7, 11) is 0. The lowest BCUT2D eigenvalue weighted by Gasteiger charge is -2.06. The largest absolute Gasteiger partial charge is 0.360 e. The zero-order valence-corrected chi connectivity index (χ0v) is 18.0. The minimum atomic E-state index is 0.0703. The second kappa shape index (κ2) is 7.18. The summed E-state index contributed by atoms with van der Waals surface area (Å²) < 4.78 is 7.13. The molecule has 0 aliphatic carbocycles. The number of thiophene rings is 1. The van der Waals surface area contributed by atoms with Gasteiger partial charge in [0.2, 0.25) is 0 Å². The van der Waals surface area contributed by atoms with Crippen molar-refractivity contribution in [3.05, 3.63) is 51.6 Å². The Morgan fingerprint density at radius 1 is 1.18 bits per heavy atom. The fourth-order valence-electron chi connectivity index (χ4n) is 3.33. The number of aryl methyl sites for hydroxylation is 4. The maximum atomic E-state index is 12.9. The van der Waals surface area contributed by atoms with Crippen LogP contribution in [0.15, 0.2) is 28.0 Å². The van der Waals surface area contributed by atoms with Crippen molar-refractivity contribution in [2.24, 2.45) is 0 Å². The summed E-state index contributed by atoms with van der Waals surface area (Å²) >= 11 is 3.13. The van der Waals surface area contributed by atoms with E-state index in [0.29, 0.717) is 17.1 Å². The van der Waals surface area contributed by atoms with Crippen LogP contribution in [0.5, 0.6) is 0 Å². The molecule has 0 aliphatic heterocycles. The van der Waals surface area contributed by atoms with Crippen molar-refractivity contribution < 1.29 is 9.32 Å². The molecule has 0 saturated heterocycles. The first-order valence-corrected chi connectivity index (χ1v) is 10.7. The second-order valence-corrected chi connectivity index (χ2v) is 8.94. The third kappa shape index (κ3) is 3.16. The quantitative estimate of drug-likeness (QED) is 0.261. The van der Waals surface area contributed by atoms with Gasteiger partial charge in [-0.25, -0.2) is 9.97 Å². The lowest BCUT2D eigenvalue weighted by molar-refractivity contribution is 0.102. The van der Waals surface area contributed by atoms with Gasteiger partial charge in [-0.2, -0.15) is 0 Å². The van der Waals surface area contributed by atoms with Crippen molar-refractivity contribution in [2.45, 2.75) is 39.6 Å². The van der Waals surface area contributed by atoms with E-state index >= 15 is 0 Å². The number of hydrogen-bond donors (Lipinski definition) is 0. The molecule has 4 aromatic heterocycles. The molecule has 6 nitrogen and oxygen atoms in total.